The van der Waals surface area contributed by atoms with Gasteiger partial charge in [-0.3, -0.25) is 14.9 Å². The molecular formula is C29H26FN5. The fraction of sp³-hybridized carbons (Fsp3) is 0.207. The van der Waals surface area contributed by atoms with Gasteiger partial charge in [0, 0.05) is 35.5 Å². The molecule has 0 N–H and O–H groups in total. The van der Waals surface area contributed by atoms with E-state index in [4.69, 9.17) is 0 Å². The second-order valence-electron chi connectivity index (χ2n) is 9.16. The van der Waals surface area contributed by atoms with Crippen molar-refractivity contribution in [2.75, 3.05) is 13.1 Å². The molecule has 6 heteroatoms. The Balaban J connectivity index is 1.25. The van der Waals surface area contributed by atoms with E-state index in [1.165, 1.54) is 50.0 Å². The average Bonchev–Trinajstić information content (AvgIpc) is 3.33. The van der Waals surface area contributed by atoms with Crippen LogP contribution in [0.5, 0.6) is 0 Å². The largest absolute Gasteiger partial charge is 0.299 e. The van der Waals surface area contributed by atoms with Crippen LogP contribution in [0.2, 0.25) is 0 Å². The molecule has 0 saturated carbocycles. The summed E-state index contributed by atoms with van der Waals surface area (Å²) in [5.74, 6) is -0.269. The number of rotatable bonds is 5. The van der Waals surface area contributed by atoms with E-state index in [9.17, 15) is 4.39 Å². The predicted molar refractivity (Wildman–Crippen MR) is 137 cm³/mol. The smallest absolute Gasteiger partial charge is 0.123 e. The molecule has 0 bridgehead atoms. The summed E-state index contributed by atoms with van der Waals surface area (Å²) in [4.78, 5) is 11.6. The van der Waals surface area contributed by atoms with Gasteiger partial charge < -0.3 is 0 Å². The van der Waals surface area contributed by atoms with E-state index in [1.54, 1.807) is 12.3 Å². The number of nitrogens with zero attached hydrogens (tertiary/aromatic N) is 5. The van der Waals surface area contributed by atoms with E-state index in [2.05, 4.69) is 44.2 Å². The Morgan fingerprint density at radius 1 is 0.771 bits per heavy atom. The van der Waals surface area contributed by atoms with Crippen LogP contribution in [0.1, 0.15) is 24.8 Å². The summed E-state index contributed by atoms with van der Waals surface area (Å²) in [6, 6.07) is 19.0. The van der Waals surface area contributed by atoms with Gasteiger partial charge in [-0.25, -0.2) is 9.07 Å². The summed E-state index contributed by atoms with van der Waals surface area (Å²) in [7, 11) is 0. The molecule has 5 nitrogen and oxygen atoms in total. The highest BCUT2D eigenvalue weighted by Gasteiger charge is 2.12. The molecule has 0 unspecified atom stereocenters. The van der Waals surface area contributed by atoms with E-state index in [-0.39, 0.29) is 5.82 Å². The number of hydrogen-bond acceptors (Lipinski definition) is 4. The maximum absolute atomic E-state index is 13.6. The van der Waals surface area contributed by atoms with E-state index in [1.807, 2.05) is 41.5 Å². The van der Waals surface area contributed by atoms with Gasteiger partial charge in [0.1, 0.15) is 5.82 Å². The molecule has 6 rings (SSSR count). The number of pyridine rings is 2. The van der Waals surface area contributed by atoms with E-state index < -0.39 is 0 Å². The fourth-order valence-electron chi connectivity index (χ4n) is 4.86. The van der Waals surface area contributed by atoms with Crippen molar-refractivity contribution in [2.45, 2.75) is 25.8 Å². The molecule has 5 aromatic rings. The number of halogens is 1. The highest BCUT2D eigenvalue weighted by molar-refractivity contribution is 5.85. The molecule has 0 radical (unpaired) electrons. The lowest BCUT2D eigenvalue weighted by Crippen LogP contribution is -2.29. The molecule has 3 aromatic heterocycles. The predicted octanol–water partition coefficient (Wildman–Crippen LogP) is 6.27. The zero-order chi connectivity index (χ0) is 23.6. The maximum Gasteiger partial charge on any atom is 0.123 e. The monoisotopic (exact) mass is 463 g/mol. The Kier molecular flexibility index (Phi) is 5.80. The van der Waals surface area contributed by atoms with Crippen LogP contribution in [-0.2, 0) is 6.54 Å². The lowest BCUT2D eigenvalue weighted by Gasteiger charge is -2.26. The summed E-state index contributed by atoms with van der Waals surface area (Å²) in [6.45, 7) is 3.31. The minimum absolute atomic E-state index is 0.269. The third-order valence-electron chi connectivity index (χ3n) is 6.66. The minimum Gasteiger partial charge on any atom is -0.299 e. The number of likely N-dealkylation sites (tertiary alicyclic amines) is 1. The minimum atomic E-state index is -0.269. The summed E-state index contributed by atoms with van der Waals surface area (Å²) < 4.78 is 15.4. The van der Waals surface area contributed by atoms with Crippen molar-refractivity contribution in [1.82, 2.24) is 24.6 Å². The Bertz CT molecular complexity index is 1470. The van der Waals surface area contributed by atoms with Gasteiger partial charge >= 0.3 is 0 Å². The first-order valence-electron chi connectivity index (χ1n) is 12.1. The number of hydrogen-bond donors (Lipinski definition) is 0. The standard InChI is InChI=1S/C29H26FN5/c30-26-6-4-5-23(15-26)28-9-8-27(19-32-28)35-29-10-7-22(14-25(29)18-33-35)24-13-21(16-31-17-24)20-34-11-2-1-3-12-34/h4-10,13-19H,1-3,11-12,20H2. The van der Waals surface area contributed by atoms with Crippen molar-refractivity contribution in [2.24, 2.45) is 0 Å². The van der Waals surface area contributed by atoms with Crippen molar-refractivity contribution >= 4 is 10.9 Å². The Labute approximate surface area is 203 Å². The summed E-state index contributed by atoms with van der Waals surface area (Å²) in [5, 5.41) is 5.66. The molecule has 1 fully saturated rings. The van der Waals surface area contributed by atoms with Gasteiger partial charge in [-0.05, 0) is 79.5 Å². The van der Waals surface area contributed by atoms with Crippen LogP contribution in [0.3, 0.4) is 0 Å². The van der Waals surface area contributed by atoms with Crippen LogP contribution in [0.25, 0.3) is 39.0 Å². The van der Waals surface area contributed by atoms with Gasteiger partial charge in [0.25, 0.3) is 0 Å². The molecule has 0 aliphatic carbocycles. The third kappa shape index (κ3) is 4.57. The molecular weight excluding hydrogens is 437 g/mol. The molecule has 1 saturated heterocycles. The van der Waals surface area contributed by atoms with E-state index >= 15 is 0 Å². The quantitative estimate of drug-likeness (QED) is 0.308. The first-order valence-corrected chi connectivity index (χ1v) is 12.1. The van der Waals surface area contributed by atoms with Crippen molar-refractivity contribution in [3.63, 3.8) is 0 Å². The van der Waals surface area contributed by atoms with Crippen molar-refractivity contribution in [3.8, 4) is 28.1 Å². The summed E-state index contributed by atoms with van der Waals surface area (Å²) >= 11 is 0. The molecule has 35 heavy (non-hydrogen) atoms. The average molecular weight is 464 g/mol. The van der Waals surface area contributed by atoms with Crippen LogP contribution < -0.4 is 0 Å². The maximum atomic E-state index is 13.6. The third-order valence-corrected chi connectivity index (χ3v) is 6.66. The molecule has 174 valence electrons. The summed E-state index contributed by atoms with van der Waals surface area (Å²) in [5.41, 5.74) is 6.85. The number of piperidine rings is 1. The van der Waals surface area contributed by atoms with Crippen molar-refractivity contribution in [1.29, 1.82) is 0 Å². The second-order valence-corrected chi connectivity index (χ2v) is 9.16. The van der Waals surface area contributed by atoms with Crippen LogP contribution in [0.15, 0.2) is 85.5 Å². The van der Waals surface area contributed by atoms with E-state index in [0.717, 1.165) is 45.5 Å². The number of benzene rings is 2. The summed E-state index contributed by atoms with van der Waals surface area (Å²) in [6.07, 6.45) is 11.5. The van der Waals surface area contributed by atoms with Gasteiger partial charge in [0.15, 0.2) is 0 Å². The molecule has 4 heterocycles. The molecule has 2 aromatic carbocycles. The first-order chi connectivity index (χ1) is 17.2. The Morgan fingerprint density at radius 3 is 2.51 bits per heavy atom. The lowest BCUT2D eigenvalue weighted by atomic mass is 10.0. The number of fused-ring (bicyclic) bond motifs is 1. The van der Waals surface area contributed by atoms with Crippen LogP contribution in [0, 0.1) is 5.82 Å². The fourth-order valence-corrected chi connectivity index (χ4v) is 4.86. The van der Waals surface area contributed by atoms with Crippen LogP contribution in [-0.4, -0.2) is 37.7 Å². The van der Waals surface area contributed by atoms with Crippen LogP contribution >= 0.6 is 0 Å². The molecule has 0 spiro atoms. The highest BCUT2D eigenvalue weighted by atomic mass is 19.1. The Morgan fingerprint density at radius 2 is 1.69 bits per heavy atom. The zero-order valence-corrected chi connectivity index (χ0v) is 19.4. The molecule has 0 atom stereocenters. The first kappa shape index (κ1) is 21.6. The SMILES string of the molecule is Fc1cccc(-c2ccc(-n3ncc4cc(-c5cncc(CN6CCCCC6)c5)ccc43)cn2)c1. The van der Waals surface area contributed by atoms with Crippen molar-refractivity contribution < 1.29 is 4.39 Å². The topological polar surface area (TPSA) is 46.8 Å². The van der Waals surface area contributed by atoms with Crippen LogP contribution in [0.4, 0.5) is 4.39 Å². The van der Waals surface area contributed by atoms with Crippen molar-refractivity contribution in [3.05, 3.63) is 96.8 Å². The molecule has 0 amide bonds. The van der Waals surface area contributed by atoms with Gasteiger partial charge in [0.05, 0.1) is 29.3 Å². The second kappa shape index (κ2) is 9.39. The molecule has 1 aliphatic rings. The van der Waals surface area contributed by atoms with Gasteiger partial charge in [-0.2, -0.15) is 5.10 Å². The van der Waals surface area contributed by atoms with E-state index in [0.29, 0.717) is 0 Å². The zero-order valence-electron chi connectivity index (χ0n) is 19.4. The van der Waals surface area contributed by atoms with Gasteiger partial charge in [-0.15, -0.1) is 0 Å². The highest BCUT2D eigenvalue weighted by Crippen LogP contribution is 2.27. The van der Waals surface area contributed by atoms with Gasteiger partial charge in [-0.1, -0.05) is 24.6 Å². The normalized spacial score (nSPS) is 14.4. The lowest BCUT2D eigenvalue weighted by molar-refractivity contribution is 0.220. The molecule has 1 aliphatic heterocycles. The van der Waals surface area contributed by atoms with Gasteiger partial charge in [0.2, 0.25) is 0 Å². The Hall–Kier alpha value is -3.90. The number of aromatic nitrogens is 4.